The molecule has 1 N–H and O–H groups in total. The van der Waals surface area contributed by atoms with Crippen molar-refractivity contribution in [1.82, 2.24) is 0 Å². The first-order chi connectivity index (χ1) is 28.0. The van der Waals surface area contributed by atoms with Crippen LogP contribution < -0.4 is 0 Å². The zero-order valence-corrected chi connectivity index (χ0v) is 38.7. The molecule has 0 amide bonds. The van der Waals surface area contributed by atoms with Gasteiger partial charge >= 0.3 is 19.8 Å². The molecule has 0 bridgehead atoms. The van der Waals surface area contributed by atoms with E-state index in [9.17, 15) is 19.0 Å². The number of likely N-dealkylation sites (N-methyl/N-ethyl adjacent to an activating group) is 1. The van der Waals surface area contributed by atoms with E-state index in [0.29, 0.717) is 17.4 Å². The second kappa shape index (κ2) is 40.1. The SMILES string of the molecule is CC/C=C\C/C=C\C/C=C\CCCCCCCC(=O)O[C@H](COC(=O)CCCCCCCCCCC/C=C\C/C=C\CCCCC)COP(=O)(O)OCC[N+](C)(C)C. The molecule has 0 saturated carbocycles. The molecule has 0 fully saturated rings. The molecule has 0 aliphatic heterocycles. The Morgan fingerprint density at radius 3 is 1.47 bits per heavy atom. The molecular weight excluding hydrogens is 750 g/mol. The first-order valence-corrected chi connectivity index (χ1v) is 24.5. The summed E-state index contributed by atoms with van der Waals surface area (Å²) in [5, 5.41) is 0. The average molecular weight is 837 g/mol. The van der Waals surface area contributed by atoms with Crippen molar-refractivity contribution < 1.29 is 42.1 Å². The van der Waals surface area contributed by atoms with Crippen LogP contribution in [0, 0.1) is 0 Å². The van der Waals surface area contributed by atoms with Gasteiger partial charge in [-0.3, -0.25) is 18.6 Å². The summed E-state index contributed by atoms with van der Waals surface area (Å²) in [6.45, 7) is 4.26. The highest BCUT2D eigenvalue weighted by atomic mass is 31.2. The summed E-state index contributed by atoms with van der Waals surface area (Å²) in [5.74, 6) is -0.825. The van der Waals surface area contributed by atoms with Gasteiger partial charge in [-0.1, -0.05) is 152 Å². The normalized spacial score (nSPS) is 14.1. The molecule has 0 aromatic rings. The molecule has 0 spiro atoms. The number of allylic oxidation sites excluding steroid dienone is 10. The van der Waals surface area contributed by atoms with E-state index in [1.807, 2.05) is 21.1 Å². The number of esters is 2. The number of quaternary nitrogens is 1. The summed E-state index contributed by atoms with van der Waals surface area (Å²) in [6, 6.07) is 0. The zero-order valence-electron chi connectivity index (χ0n) is 37.8. The monoisotopic (exact) mass is 837 g/mol. The third-order valence-electron chi connectivity index (χ3n) is 9.53. The molecular formula is C48H87NO8P+. The Kier molecular flexibility index (Phi) is 38.5. The van der Waals surface area contributed by atoms with Gasteiger partial charge in [0.05, 0.1) is 27.7 Å². The van der Waals surface area contributed by atoms with Gasteiger partial charge in [0.15, 0.2) is 6.10 Å². The van der Waals surface area contributed by atoms with Gasteiger partial charge in [-0.05, 0) is 77.0 Å². The van der Waals surface area contributed by atoms with Gasteiger partial charge in [-0.25, -0.2) is 4.57 Å². The van der Waals surface area contributed by atoms with Crippen LogP contribution in [0.25, 0.3) is 0 Å². The third-order valence-corrected chi connectivity index (χ3v) is 10.5. The quantitative estimate of drug-likeness (QED) is 0.0213. The van der Waals surface area contributed by atoms with Crippen LogP contribution in [0.3, 0.4) is 0 Å². The van der Waals surface area contributed by atoms with Gasteiger partial charge < -0.3 is 18.9 Å². The standard InChI is InChI=1S/C48H86NO8P/c1-6-8-10-12-14-16-18-20-22-23-24-25-27-28-30-32-34-36-38-40-47(50)54-44-46(45-56-58(52,53)55-43-42-49(3,4)5)57-48(51)41-39-37-35-33-31-29-26-21-19-17-15-13-11-9-7-2/h9,11,14-17,20-22,26,46H,6-8,10,12-13,18-19,23-25,27-45H2,1-5H3/p+1/b11-9-,16-14-,17-15-,22-20-,26-21-/t46-/m1/s1. The molecule has 2 atom stereocenters. The molecule has 0 rings (SSSR count). The average Bonchev–Trinajstić information content (AvgIpc) is 3.17. The number of phosphoric acid groups is 1. The number of phosphoric ester groups is 1. The van der Waals surface area contributed by atoms with Crippen molar-refractivity contribution >= 4 is 19.8 Å². The molecule has 336 valence electrons. The van der Waals surface area contributed by atoms with E-state index < -0.39 is 26.5 Å². The minimum absolute atomic E-state index is 0.0249. The van der Waals surface area contributed by atoms with Crippen LogP contribution in [-0.2, 0) is 32.7 Å². The number of carbonyl (C=O) groups is 2. The van der Waals surface area contributed by atoms with Gasteiger partial charge in [0.2, 0.25) is 0 Å². The second-order valence-electron chi connectivity index (χ2n) is 16.4. The Hall–Kier alpha value is -2.29. The van der Waals surface area contributed by atoms with Crippen LogP contribution in [-0.4, -0.2) is 74.9 Å². The minimum atomic E-state index is -4.38. The summed E-state index contributed by atoms with van der Waals surface area (Å²) in [5.41, 5.74) is 0. The Morgan fingerprint density at radius 1 is 0.552 bits per heavy atom. The molecule has 0 radical (unpaired) electrons. The summed E-state index contributed by atoms with van der Waals surface area (Å²) >= 11 is 0. The van der Waals surface area contributed by atoms with Gasteiger partial charge in [0.1, 0.15) is 19.8 Å². The van der Waals surface area contributed by atoms with Gasteiger partial charge in [0.25, 0.3) is 0 Å². The molecule has 0 aromatic carbocycles. The second-order valence-corrected chi connectivity index (χ2v) is 17.9. The van der Waals surface area contributed by atoms with Crippen LogP contribution in [0.1, 0.15) is 181 Å². The van der Waals surface area contributed by atoms with Gasteiger partial charge in [-0.15, -0.1) is 0 Å². The van der Waals surface area contributed by atoms with E-state index in [-0.39, 0.29) is 32.0 Å². The summed E-state index contributed by atoms with van der Waals surface area (Å²) in [7, 11) is 1.45. The molecule has 0 saturated heterocycles. The van der Waals surface area contributed by atoms with Crippen LogP contribution in [0.5, 0.6) is 0 Å². The lowest BCUT2D eigenvalue weighted by molar-refractivity contribution is -0.870. The molecule has 0 aliphatic rings. The van der Waals surface area contributed by atoms with Crippen LogP contribution >= 0.6 is 7.82 Å². The van der Waals surface area contributed by atoms with Crippen molar-refractivity contribution in [1.29, 1.82) is 0 Å². The number of unbranched alkanes of at least 4 members (excludes halogenated alkanes) is 17. The molecule has 1 unspecified atom stereocenters. The largest absolute Gasteiger partial charge is 0.472 e. The molecule has 0 aliphatic carbocycles. The van der Waals surface area contributed by atoms with Gasteiger partial charge in [0, 0.05) is 12.8 Å². The van der Waals surface area contributed by atoms with Crippen LogP contribution in [0.4, 0.5) is 0 Å². The van der Waals surface area contributed by atoms with Crippen molar-refractivity contribution in [3.8, 4) is 0 Å². The maximum absolute atomic E-state index is 12.7. The Labute approximate surface area is 356 Å². The number of hydrogen-bond acceptors (Lipinski definition) is 7. The van der Waals surface area contributed by atoms with E-state index in [4.69, 9.17) is 18.5 Å². The summed E-state index contributed by atoms with van der Waals surface area (Å²) < 4.78 is 34.3. The number of ether oxygens (including phenoxy) is 2. The fourth-order valence-corrected chi connectivity index (χ4v) is 6.68. The number of rotatable bonds is 41. The predicted molar refractivity (Wildman–Crippen MR) is 243 cm³/mol. The lowest BCUT2D eigenvalue weighted by Crippen LogP contribution is -2.37. The zero-order chi connectivity index (χ0) is 42.8. The molecule has 0 aromatic heterocycles. The topological polar surface area (TPSA) is 108 Å². The van der Waals surface area contributed by atoms with Crippen molar-refractivity contribution in [2.75, 3.05) is 47.5 Å². The van der Waals surface area contributed by atoms with E-state index >= 15 is 0 Å². The minimum Gasteiger partial charge on any atom is -0.462 e. The highest BCUT2D eigenvalue weighted by Gasteiger charge is 2.27. The fourth-order valence-electron chi connectivity index (χ4n) is 5.94. The fraction of sp³-hybridized carbons (Fsp3) is 0.750. The van der Waals surface area contributed by atoms with Gasteiger partial charge in [-0.2, -0.15) is 0 Å². The highest BCUT2D eigenvalue weighted by Crippen LogP contribution is 2.43. The van der Waals surface area contributed by atoms with E-state index in [0.717, 1.165) is 77.0 Å². The predicted octanol–water partition coefficient (Wildman–Crippen LogP) is 13.2. The number of hydrogen-bond donors (Lipinski definition) is 1. The lowest BCUT2D eigenvalue weighted by atomic mass is 10.1. The molecule has 9 nitrogen and oxygen atoms in total. The smallest absolute Gasteiger partial charge is 0.462 e. The van der Waals surface area contributed by atoms with Crippen molar-refractivity contribution in [2.45, 2.75) is 187 Å². The van der Waals surface area contributed by atoms with Crippen molar-refractivity contribution in [3.63, 3.8) is 0 Å². The van der Waals surface area contributed by atoms with E-state index in [2.05, 4.69) is 74.6 Å². The highest BCUT2D eigenvalue weighted by molar-refractivity contribution is 7.47. The third kappa shape index (κ3) is 43.3. The number of nitrogens with zero attached hydrogens (tertiary/aromatic N) is 1. The number of carbonyl (C=O) groups excluding carboxylic acids is 2. The Bertz CT molecular complexity index is 1170. The van der Waals surface area contributed by atoms with Crippen LogP contribution in [0.15, 0.2) is 60.8 Å². The van der Waals surface area contributed by atoms with Crippen LogP contribution in [0.2, 0.25) is 0 Å². The first-order valence-electron chi connectivity index (χ1n) is 23.0. The lowest BCUT2D eigenvalue weighted by Gasteiger charge is -2.24. The molecule has 58 heavy (non-hydrogen) atoms. The van der Waals surface area contributed by atoms with E-state index in [1.165, 1.54) is 70.6 Å². The first kappa shape index (κ1) is 55.7. The summed E-state index contributed by atoms with van der Waals surface area (Å²) in [6.07, 6.45) is 48.3. The molecule has 0 heterocycles. The Balaban J connectivity index is 4.34. The van der Waals surface area contributed by atoms with Crippen molar-refractivity contribution in [3.05, 3.63) is 60.8 Å². The van der Waals surface area contributed by atoms with Crippen molar-refractivity contribution in [2.24, 2.45) is 0 Å². The molecule has 10 heteroatoms. The maximum Gasteiger partial charge on any atom is 0.472 e. The maximum atomic E-state index is 12.7. The Morgan fingerprint density at radius 2 is 0.983 bits per heavy atom. The van der Waals surface area contributed by atoms with E-state index in [1.54, 1.807) is 0 Å². The summed E-state index contributed by atoms with van der Waals surface area (Å²) in [4.78, 5) is 35.4.